The van der Waals surface area contributed by atoms with Gasteiger partial charge in [0, 0.05) is 52.0 Å². The van der Waals surface area contributed by atoms with E-state index in [-0.39, 0.29) is 16.8 Å². The number of pyridine rings is 1. The molecule has 1 amide bonds. The van der Waals surface area contributed by atoms with Crippen LogP contribution in [-0.4, -0.2) is 87.0 Å². The normalized spacial score (nSPS) is 19.2. The monoisotopic (exact) mass is 473 g/mol. The van der Waals surface area contributed by atoms with Gasteiger partial charge in [-0.25, -0.2) is 13.4 Å². The molecule has 0 spiro atoms. The van der Waals surface area contributed by atoms with Crippen molar-refractivity contribution in [3.63, 3.8) is 0 Å². The van der Waals surface area contributed by atoms with Gasteiger partial charge in [0.25, 0.3) is 0 Å². The van der Waals surface area contributed by atoms with Crippen LogP contribution in [0.1, 0.15) is 12.5 Å². The number of morpholine rings is 1. The zero-order chi connectivity index (χ0) is 23.3. The molecule has 2 saturated heterocycles. The Morgan fingerprint density at radius 2 is 1.73 bits per heavy atom. The van der Waals surface area contributed by atoms with Gasteiger partial charge in [-0.1, -0.05) is 30.3 Å². The van der Waals surface area contributed by atoms with Gasteiger partial charge in [-0.3, -0.25) is 9.69 Å². The molecule has 1 aromatic carbocycles. The number of carbonyl (C=O) groups excluding carboxylic acids is 1. The molecule has 0 bridgehead atoms. The molecule has 33 heavy (non-hydrogen) atoms. The number of hydrogen-bond acceptors (Lipinski definition) is 7. The van der Waals surface area contributed by atoms with Gasteiger partial charge in [0.15, 0.2) is 0 Å². The molecular formula is C23H31N5O4S. The maximum absolute atomic E-state index is 12.8. The van der Waals surface area contributed by atoms with Crippen LogP contribution in [0.2, 0.25) is 0 Å². The van der Waals surface area contributed by atoms with Crippen molar-refractivity contribution in [3.05, 3.63) is 54.2 Å². The molecule has 3 heterocycles. The Morgan fingerprint density at radius 1 is 1.03 bits per heavy atom. The Hall–Kier alpha value is -2.53. The number of sulfonamides is 1. The summed E-state index contributed by atoms with van der Waals surface area (Å²) >= 11 is 0. The first-order valence-corrected chi connectivity index (χ1v) is 12.7. The fraction of sp³-hybridized carbons (Fsp3) is 0.478. The predicted molar refractivity (Wildman–Crippen MR) is 125 cm³/mol. The van der Waals surface area contributed by atoms with Gasteiger partial charge < -0.3 is 15.0 Å². The SMILES string of the molecule is CC(C(=O)NCc1ccccc1)N1CCN(c2ccc(S(=O)(=O)N3CCOCC3)cn2)CC1. The van der Waals surface area contributed by atoms with Crippen LogP contribution in [0, 0.1) is 0 Å². The summed E-state index contributed by atoms with van der Waals surface area (Å²) in [4.78, 5) is 21.5. The summed E-state index contributed by atoms with van der Waals surface area (Å²) in [5.74, 6) is 0.764. The average molecular weight is 474 g/mol. The Bertz CT molecular complexity index is 1020. The highest BCUT2D eigenvalue weighted by molar-refractivity contribution is 7.89. The van der Waals surface area contributed by atoms with Crippen molar-refractivity contribution in [2.75, 3.05) is 57.4 Å². The van der Waals surface area contributed by atoms with E-state index in [1.165, 1.54) is 10.5 Å². The van der Waals surface area contributed by atoms with Crippen molar-refractivity contribution in [1.29, 1.82) is 0 Å². The second kappa shape index (κ2) is 10.6. The smallest absolute Gasteiger partial charge is 0.244 e. The van der Waals surface area contributed by atoms with Crippen molar-refractivity contribution in [2.45, 2.75) is 24.4 Å². The summed E-state index contributed by atoms with van der Waals surface area (Å²) in [6.45, 7) is 6.91. The van der Waals surface area contributed by atoms with E-state index in [1.54, 1.807) is 12.1 Å². The number of ether oxygens (including phenoxy) is 1. The third-order valence-corrected chi connectivity index (χ3v) is 8.09. The minimum atomic E-state index is -3.55. The summed E-state index contributed by atoms with van der Waals surface area (Å²) in [6, 6.07) is 13.0. The Balaban J connectivity index is 1.29. The van der Waals surface area contributed by atoms with Crippen LogP contribution in [0.25, 0.3) is 0 Å². The Labute approximate surface area is 195 Å². The predicted octanol–water partition coefficient (Wildman–Crippen LogP) is 0.929. The van der Waals surface area contributed by atoms with Crippen molar-refractivity contribution in [2.24, 2.45) is 0 Å². The lowest BCUT2D eigenvalue weighted by molar-refractivity contribution is -0.126. The lowest BCUT2D eigenvalue weighted by atomic mass is 10.2. The minimum absolute atomic E-state index is 0.0168. The molecule has 1 unspecified atom stereocenters. The van der Waals surface area contributed by atoms with E-state index in [0.717, 1.165) is 37.6 Å². The fourth-order valence-corrected chi connectivity index (χ4v) is 5.44. The van der Waals surface area contributed by atoms with E-state index in [9.17, 15) is 13.2 Å². The highest BCUT2D eigenvalue weighted by Crippen LogP contribution is 2.20. The lowest BCUT2D eigenvalue weighted by Crippen LogP contribution is -2.54. The largest absolute Gasteiger partial charge is 0.379 e. The summed E-state index contributed by atoms with van der Waals surface area (Å²) < 4.78 is 32.2. The molecule has 2 aromatic rings. The molecule has 9 nitrogen and oxygen atoms in total. The van der Waals surface area contributed by atoms with Crippen LogP contribution < -0.4 is 10.2 Å². The number of anilines is 1. The van der Waals surface area contributed by atoms with Crippen LogP contribution in [0.3, 0.4) is 0 Å². The maximum Gasteiger partial charge on any atom is 0.244 e. The molecule has 10 heteroatoms. The molecule has 2 fully saturated rings. The number of rotatable bonds is 7. The van der Waals surface area contributed by atoms with E-state index >= 15 is 0 Å². The number of hydrogen-bond donors (Lipinski definition) is 1. The van der Waals surface area contributed by atoms with Crippen molar-refractivity contribution in [3.8, 4) is 0 Å². The fourth-order valence-electron chi connectivity index (χ4n) is 4.09. The molecule has 2 aliphatic heterocycles. The average Bonchev–Trinajstić information content (AvgIpc) is 2.88. The number of amides is 1. The van der Waals surface area contributed by atoms with Crippen molar-refractivity contribution < 1.29 is 17.9 Å². The Kier molecular flexibility index (Phi) is 7.59. The third-order valence-electron chi connectivity index (χ3n) is 6.20. The van der Waals surface area contributed by atoms with E-state index in [0.29, 0.717) is 32.8 Å². The van der Waals surface area contributed by atoms with E-state index in [1.807, 2.05) is 37.3 Å². The van der Waals surface area contributed by atoms with E-state index in [4.69, 9.17) is 4.74 Å². The first-order chi connectivity index (χ1) is 15.9. The summed E-state index contributed by atoms with van der Waals surface area (Å²) in [5, 5.41) is 3.01. The second-order valence-electron chi connectivity index (χ2n) is 8.27. The van der Waals surface area contributed by atoms with Crippen molar-refractivity contribution >= 4 is 21.7 Å². The topological polar surface area (TPSA) is 95.1 Å². The molecule has 0 aliphatic carbocycles. The molecule has 2 aliphatic rings. The van der Waals surface area contributed by atoms with E-state index < -0.39 is 10.0 Å². The molecule has 1 aromatic heterocycles. The summed E-state index contributed by atoms with van der Waals surface area (Å²) in [5.41, 5.74) is 1.08. The van der Waals surface area contributed by atoms with Crippen molar-refractivity contribution in [1.82, 2.24) is 19.5 Å². The molecule has 4 rings (SSSR count). The number of nitrogens with zero attached hydrogens (tertiary/aromatic N) is 4. The number of aromatic nitrogens is 1. The molecule has 178 valence electrons. The number of nitrogens with one attached hydrogen (secondary N) is 1. The van der Waals surface area contributed by atoms with Crippen LogP contribution in [-0.2, 0) is 26.1 Å². The molecule has 0 saturated carbocycles. The first kappa shape index (κ1) is 23.6. The van der Waals surface area contributed by atoms with Crippen LogP contribution in [0.4, 0.5) is 5.82 Å². The highest BCUT2D eigenvalue weighted by Gasteiger charge is 2.28. The lowest BCUT2D eigenvalue weighted by Gasteiger charge is -2.38. The number of benzene rings is 1. The molecular weight excluding hydrogens is 442 g/mol. The zero-order valence-electron chi connectivity index (χ0n) is 18.9. The number of carbonyl (C=O) groups is 1. The van der Waals surface area contributed by atoms with Crippen LogP contribution in [0.15, 0.2) is 53.6 Å². The quantitative estimate of drug-likeness (QED) is 0.639. The minimum Gasteiger partial charge on any atom is -0.379 e. The summed E-state index contributed by atoms with van der Waals surface area (Å²) in [6.07, 6.45) is 1.44. The van der Waals surface area contributed by atoms with Gasteiger partial charge in [0.2, 0.25) is 15.9 Å². The standard InChI is InChI=1S/C23H31N5O4S/c1-19(23(29)25-17-20-5-3-2-4-6-20)26-9-11-27(12-10-26)22-8-7-21(18-24-22)33(30,31)28-13-15-32-16-14-28/h2-8,18-19H,9-17H2,1H3,(H,25,29). The van der Waals surface area contributed by atoms with Gasteiger partial charge in [0.05, 0.1) is 19.3 Å². The van der Waals surface area contributed by atoms with Gasteiger partial charge >= 0.3 is 0 Å². The maximum atomic E-state index is 12.8. The van der Waals surface area contributed by atoms with Gasteiger partial charge in [0.1, 0.15) is 10.7 Å². The highest BCUT2D eigenvalue weighted by atomic mass is 32.2. The van der Waals surface area contributed by atoms with Crippen LogP contribution >= 0.6 is 0 Å². The zero-order valence-corrected chi connectivity index (χ0v) is 19.7. The summed E-state index contributed by atoms with van der Waals surface area (Å²) in [7, 11) is -3.55. The first-order valence-electron chi connectivity index (χ1n) is 11.3. The molecule has 0 radical (unpaired) electrons. The third kappa shape index (κ3) is 5.70. The van der Waals surface area contributed by atoms with E-state index in [2.05, 4.69) is 20.1 Å². The van der Waals surface area contributed by atoms with Gasteiger partial charge in [-0.05, 0) is 24.6 Å². The van der Waals surface area contributed by atoms with Crippen LogP contribution in [0.5, 0.6) is 0 Å². The molecule has 1 N–H and O–H groups in total. The number of piperazine rings is 1. The Morgan fingerprint density at radius 3 is 2.36 bits per heavy atom. The second-order valence-corrected chi connectivity index (χ2v) is 10.2. The molecule has 1 atom stereocenters. The van der Waals surface area contributed by atoms with Gasteiger partial charge in [-0.2, -0.15) is 4.31 Å². The van der Waals surface area contributed by atoms with Gasteiger partial charge in [-0.15, -0.1) is 0 Å².